The summed E-state index contributed by atoms with van der Waals surface area (Å²) in [5.74, 6) is 1.60. The number of benzene rings is 1. The van der Waals surface area contributed by atoms with Crippen molar-refractivity contribution in [2.45, 2.75) is 0 Å². The Kier molecular flexibility index (Phi) is 2.68. The van der Waals surface area contributed by atoms with E-state index in [0.29, 0.717) is 17.3 Å². The number of ether oxygens (including phenoxy) is 2. The summed E-state index contributed by atoms with van der Waals surface area (Å²) in [5, 5.41) is 0. The van der Waals surface area contributed by atoms with Crippen LogP contribution in [0.15, 0.2) is 24.7 Å². The summed E-state index contributed by atoms with van der Waals surface area (Å²) in [7, 11) is 3.15. The van der Waals surface area contributed by atoms with Crippen LogP contribution >= 0.6 is 0 Å². The third-order valence-electron chi connectivity index (χ3n) is 2.18. The van der Waals surface area contributed by atoms with Gasteiger partial charge in [0.05, 0.1) is 26.1 Å². The molecule has 0 aliphatic carbocycles. The highest BCUT2D eigenvalue weighted by atomic mass is 16.5. The molecule has 5 nitrogen and oxygen atoms in total. The highest BCUT2D eigenvalue weighted by Crippen LogP contribution is 2.32. The first-order valence-corrected chi connectivity index (χ1v) is 4.68. The van der Waals surface area contributed by atoms with Gasteiger partial charge in [-0.15, -0.1) is 0 Å². The fourth-order valence-electron chi connectivity index (χ4n) is 1.48. The van der Waals surface area contributed by atoms with E-state index in [4.69, 9.17) is 15.2 Å². The summed E-state index contributed by atoms with van der Waals surface area (Å²) in [5.41, 5.74) is 6.37. The number of rotatable bonds is 3. The van der Waals surface area contributed by atoms with Crippen molar-refractivity contribution in [2.75, 3.05) is 20.0 Å². The Hall–Kier alpha value is -2.17. The maximum absolute atomic E-state index is 5.57. The fourth-order valence-corrected chi connectivity index (χ4v) is 1.48. The zero-order valence-corrected chi connectivity index (χ0v) is 9.10. The van der Waals surface area contributed by atoms with Gasteiger partial charge in [0, 0.05) is 6.07 Å². The van der Waals surface area contributed by atoms with Crippen LogP contribution in [0.3, 0.4) is 0 Å². The molecule has 0 bridgehead atoms. The van der Waals surface area contributed by atoms with Crippen molar-refractivity contribution < 1.29 is 9.47 Å². The molecule has 0 aliphatic heterocycles. The van der Waals surface area contributed by atoms with Crippen molar-refractivity contribution in [1.29, 1.82) is 0 Å². The molecule has 2 aromatic rings. The molecular weight excluding hydrogens is 206 g/mol. The number of hydrogen-bond acceptors (Lipinski definition) is 4. The first-order valence-electron chi connectivity index (χ1n) is 4.68. The van der Waals surface area contributed by atoms with Gasteiger partial charge in [0.2, 0.25) is 0 Å². The summed E-state index contributed by atoms with van der Waals surface area (Å²) >= 11 is 0. The smallest absolute Gasteiger partial charge is 0.185 e. The van der Waals surface area contributed by atoms with Gasteiger partial charge in [-0.1, -0.05) is 0 Å². The Morgan fingerprint density at radius 3 is 2.75 bits per heavy atom. The minimum Gasteiger partial charge on any atom is -0.492 e. The normalized spacial score (nSPS) is 10.1. The van der Waals surface area contributed by atoms with Crippen LogP contribution in [0, 0.1) is 6.07 Å². The van der Waals surface area contributed by atoms with Gasteiger partial charge in [0.15, 0.2) is 11.5 Å². The van der Waals surface area contributed by atoms with Gasteiger partial charge in [0.1, 0.15) is 12.1 Å². The summed E-state index contributed by atoms with van der Waals surface area (Å²) in [6.07, 6.45) is 3.32. The van der Waals surface area contributed by atoms with Gasteiger partial charge >= 0.3 is 0 Å². The molecule has 1 heterocycles. The maximum Gasteiger partial charge on any atom is 0.185 e. The zero-order chi connectivity index (χ0) is 11.5. The van der Waals surface area contributed by atoms with Crippen LogP contribution in [0.2, 0.25) is 0 Å². The molecule has 1 aromatic heterocycles. The standard InChI is InChI=1S/C11H12N3O2/c1-15-9-5-3-4-8(11(9)16-2)14-6-10(12)13-7-14/h3-4,6-7H,12H2,1-2H3. The maximum atomic E-state index is 5.57. The highest BCUT2D eigenvalue weighted by molar-refractivity contribution is 5.55. The van der Waals surface area contributed by atoms with E-state index in [0.717, 1.165) is 5.69 Å². The molecule has 0 spiro atoms. The van der Waals surface area contributed by atoms with Crippen molar-refractivity contribution in [2.24, 2.45) is 0 Å². The molecule has 0 saturated heterocycles. The second kappa shape index (κ2) is 4.14. The molecule has 1 radical (unpaired) electrons. The molecule has 0 unspecified atom stereocenters. The predicted molar refractivity (Wildman–Crippen MR) is 59.9 cm³/mol. The van der Waals surface area contributed by atoms with E-state index in [1.54, 1.807) is 37.4 Å². The summed E-state index contributed by atoms with van der Waals surface area (Å²) in [4.78, 5) is 3.96. The van der Waals surface area contributed by atoms with Gasteiger partial charge in [-0.25, -0.2) is 4.98 Å². The molecule has 0 amide bonds. The first kappa shape index (κ1) is 10.4. The number of nitrogens with zero attached hydrogens (tertiary/aromatic N) is 2. The van der Waals surface area contributed by atoms with Crippen LogP contribution in [0.4, 0.5) is 5.82 Å². The number of nitrogen functional groups attached to an aromatic ring is 1. The quantitative estimate of drug-likeness (QED) is 0.842. The Labute approximate surface area is 93.4 Å². The van der Waals surface area contributed by atoms with Crippen molar-refractivity contribution >= 4 is 5.82 Å². The third kappa shape index (κ3) is 1.67. The molecule has 0 aliphatic rings. The van der Waals surface area contributed by atoms with Crippen molar-refractivity contribution in [3.05, 3.63) is 30.7 Å². The SMILES string of the molecule is COc1[c]ccc(-n2cnc(N)c2)c1OC. The van der Waals surface area contributed by atoms with Crippen LogP contribution < -0.4 is 15.2 Å². The molecule has 16 heavy (non-hydrogen) atoms. The lowest BCUT2D eigenvalue weighted by molar-refractivity contribution is 0.353. The van der Waals surface area contributed by atoms with Crippen LogP contribution in [0.25, 0.3) is 5.69 Å². The lowest BCUT2D eigenvalue weighted by Gasteiger charge is -2.12. The van der Waals surface area contributed by atoms with Gasteiger partial charge < -0.3 is 19.8 Å². The number of nitrogens with two attached hydrogens (primary N) is 1. The molecule has 5 heteroatoms. The number of methoxy groups -OCH3 is 2. The second-order valence-corrected chi connectivity index (χ2v) is 3.14. The fraction of sp³-hybridized carbons (Fsp3) is 0.182. The average molecular weight is 218 g/mol. The van der Waals surface area contributed by atoms with E-state index >= 15 is 0 Å². The van der Waals surface area contributed by atoms with Crippen molar-refractivity contribution in [1.82, 2.24) is 9.55 Å². The number of imidazole rings is 1. The van der Waals surface area contributed by atoms with Crippen LogP contribution in [-0.4, -0.2) is 23.8 Å². The lowest BCUT2D eigenvalue weighted by atomic mass is 10.2. The predicted octanol–water partition coefficient (Wildman–Crippen LogP) is 1.27. The van der Waals surface area contributed by atoms with E-state index < -0.39 is 0 Å². The zero-order valence-electron chi connectivity index (χ0n) is 9.10. The summed E-state index contributed by atoms with van der Waals surface area (Å²) < 4.78 is 12.2. The van der Waals surface area contributed by atoms with Gasteiger partial charge in [-0.2, -0.15) is 0 Å². The minimum atomic E-state index is 0.453. The van der Waals surface area contributed by atoms with Crippen molar-refractivity contribution in [3.8, 4) is 17.2 Å². The van der Waals surface area contributed by atoms with Crippen LogP contribution in [-0.2, 0) is 0 Å². The Morgan fingerprint density at radius 2 is 2.19 bits per heavy atom. The molecule has 83 valence electrons. The van der Waals surface area contributed by atoms with E-state index in [1.165, 1.54) is 0 Å². The largest absolute Gasteiger partial charge is 0.492 e. The Balaban J connectivity index is 2.56. The molecule has 0 saturated carbocycles. The second-order valence-electron chi connectivity index (χ2n) is 3.14. The minimum absolute atomic E-state index is 0.453. The summed E-state index contributed by atoms with van der Waals surface area (Å²) in [6, 6.07) is 6.55. The monoisotopic (exact) mass is 218 g/mol. The average Bonchev–Trinajstić information content (AvgIpc) is 2.74. The van der Waals surface area contributed by atoms with E-state index in [-0.39, 0.29) is 0 Å². The summed E-state index contributed by atoms with van der Waals surface area (Å²) in [6.45, 7) is 0. The van der Waals surface area contributed by atoms with E-state index in [2.05, 4.69) is 11.1 Å². The third-order valence-corrected chi connectivity index (χ3v) is 2.18. The van der Waals surface area contributed by atoms with Gasteiger partial charge in [-0.3, -0.25) is 0 Å². The van der Waals surface area contributed by atoms with Gasteiger partial charge in [-0.05, 0) is 12.1 Å². The number of aromatic nitrogens is 2. The van der Waals surface area contributed by atoms with Crippen LogP contribution in [0.5, 0.6) is 11.5 Å². The van der Waals surface area contributed by atoms with Crippen LogP contribution in [0.1, 0.15) is 0 Å². The Bertz CT molecular complexity index is 494. The first-order chi connectivity index (χ1) is 7.76. The topological polar surface area (TPSA) is 62.3 Å². The van der Waals surface area contributed by atoms with Gasteiger partial charge in [0.25, 0.3) is 0 Å². The van der Waals surface area contributed by atoms with E-state index in [9.17, 15) is 0 Å². The molecular formula is C11H12N3O2. The molecule has 1 aromatic carbocycles. The molecule has 0 fully saturated rings. The molecule has 2 N–H and O–H groups in total. The lowest BCUT2D eigenvalue weighted by Crippen LogP contribution is -1.98. The molecule has 2 rings (SSSR count). The highest BCUT2D eigenvalue weighted by Gasteiger charge is 2.11. The van der Waals surface area contributed by atoms with Crippen molar-refractivity contribution in [3.63, 3.8) is 0 Å². The molecule has 0 atom stereocenters. The Morgan fingerprint density at radius 1 is 1.38 bits per heavy atom. The number of hydrogen-bond donors (Lipinski definition) is 1. The van der Waals surface area contributed by atoms with E-state index in [1.807, 2.05) is 6.07 Å². The number of anilines is 1.